The van der Waals surface area contributed by atoms with E-state index >= 15 is 0 Å². The fourth-order valence-electron chi connectivity index (χ4n) is 5.69. The molecule has 0 saturated carbocycles. The molecule has 1 saturated heterocycles. The fraction of sp³-hybridized carbons (Fsp3) is 0.400. The molecule has 35 heavy (non-hydrogen) atoms. The first kappa shape index (κ1) is 23.7. The maximum atomic E-state index is 11.7. The maximum Gasteiger partial charge on any atom is 0.119 e. The van der Waals surface area contributed by atoms with Crippen LogP contribution in [0.4, 0.5) is 0 Å². The van der Waals surface area contributed by atoms with Crippen LogP contribution in [0.3, 0.4) is 0 Å². The van der Waals surface area contributed by atoms with Gasteiger partial charge in [0.25, 0.3) is 0 Å². The summed E-state index contributed by atoms with van der Waals surface area (Å²) in [7, 11) is 3.34. The number of likely N-dealkylation sites (tertiary alicyclic amines) is 1. The topological polar surface area (TPSA) is 51.2 Å². The molecule has 5 nitrogen and oxygen atoms in total. The van der Waals surface area contributed by atoms with Crippen molar-refractivity contribution in [2.24, 2.45) is 0 Å². The average Bonchev–Trinajstić information content (AvgIpc) is 3.22. The van der Waals surface area contributed by atoms with Gasteiger partial charge in [-0.1, -0.05) is 36.8 Å². The number of ether oxygens (including phenoxy) is 3. The van der Waals surface area contributed by atoms with Gasteiger partial charge < -0.3 is 19.3 Å². The highest BCUT2D eigenvalue weighted by molar-refractivity contribution is 5.55. The molecular weight excluding hydrogens is 438 g/mol. The van der Waals surface area contributed by atoms with E-state index in [4.69, 9.17) is 14.2 Å². The molecule has 1 N–H and O–H groups in total. The molecular formula is C30H35NO4. The molecule has 2 atom stereocenters. The van der Waals surface area contributed by atoms with Crippen LogP contribution in [-0.2, 0) is 11.8 Å². The van der Waals surface area contributed by atoms with Crippen LogP contribution in [0.25, 0.3) is 0 Å². The Morgan fingerprint density at radius 1 is 0.800 bits per heavy atom. The highest BCUT2D eigenvalue weighted by Crippen LogP contribution is 2.52. The molecule has 0 radical (unpaired) electrons. The Bertz CT molecular complexity index is 1120. The molecule has 3 aromatic carbocycles. The molecule has 1 aliphatic carbocycles. The monoisotopic (exact) mass is 473 g/mol. The normalized spacial score (nSPS) is 22.0. The summed E-state index contributed by atoms with van der Waals surface area (Å²) < 4.78 is 16.9. The van der Waals surface area contributed by atoms with E-state index in [-0.39, 0.29) is 0 Å². The van der Waals surface area contributed by atoms with E-state index in [9.17, 15) is 5.11 Å². The predicted molar refractivity (Wildman–Crippen MR) is 138 cm³/mol. The van der Waals surface area contributed by atoms with Gasteiger partial charge in [0.15, 0.2) is 0 Å². The van der Waals surface area contributed by atoms with E-state index in [1.54, 1.807) is 14.2 Å². The molecule has 2 aliphatic rings. The van der Waals surface area contributed by atoms with Crippen molar-refractivity contribution < 1.29 is 19.3 Å². The number of fused-ring (bicyclic) bond motifs is 1. The number of nitrogens with zero attached hydrogens (tertiary/aromatic N) is 1. The zero-order valence-electron chi connectivity index (χ0n) is 20.7. The first-order chi connectivity index (χ1) is 17.1. The third kappa shape index (κ3) is 4.63. The molecule has 0 aromatic heterocycles. The highest BCUT2D eigenvalue weighted by Gasteiger charge is 2.48. The maximum absolute atomic E-state index is 11.7. The minimum Gasteiger partial charge on any atom is -0.497 e. The molecule has 0 spiro atoms. The summed E-state index contributed by atoms with van der Waals surface area (Å²) in [5.41, 5.74) is 3.57. The molecule has 5 heteroatoms. The molecule has 5 rings (SSSR count). The van der Waals surface area contributed by atoms with Crippen molar-refractivity contribution >= 4 is 0 Å². The van der Waals surface area contributed by atoms with Crippen molar-refractivity contribution in [2.45, 2.75) is 37.2 Å². The van der Waals surface area contributed by atoms with E-state index in [0.29, 0.717) is 13.0 Å². The summed E-state index contributed by atoms with van der Waals surface area (Å²) in [5.74, 6) is 2.47. The van der Waals surface area contributed by atoms with Crippen LogP contribution in [0, 0.1) is 0 Å². The van der Waals surface area contributed by atoms with Crippen LogP contribution in [0.5, 0.6) is 17.2 Å². The van der Waals surface area contributed by atoms with E-state index in [1.807, 2.05) is 42.5 Å². The Balaban J connectivity index is 1.42. The zero-order chi connectivity index (χ0) is 24.3. The zero-order valence-corrected chi connectivity index (χ0v) is 20.7. The number of hydrogen-bond acceptors (Lipinski definition) is 5. The first-order valence-electron chi connectivity index (χ1n) is 12.6. The summed E-state index contributed by atoms with van der Waals surface area (Å²) in [5, 5.41) is 11.7. The van der Waals surface area contributed by atoms with Gasteiger partial charge in [0.2, 0.25) is 0 Å². The molecule has 2 unspecified atom stereocenters. The number of aliphatic hydroxyl groups is 1. The second kappa shape index (κ2) is 10.3. The van der Waals surface area contributed by atoms with Crippen molar-refractivity contribution in [3.63, 3.8) is 0 Å². The lowest BCUT2D eigenvalue weighted by atomic mass is 9.70. The predicted octanol–water partition coefficient (Wildman–Crippen LogP) is 5.14. The van der Waals surface area contributed by atoms with Gasteiger partial charge >= 0.3 is 0 Å². The molecule has 0 amide bonds. The lowest BCUT2D eigenvalue weighted by Gasteiger charge is -2.34. The largest absolute Gasteiger partial charge is 0.497 e. The number of methoxy groups -OCH3 is 2. The molecule has 1 heterocycles. The summed E-state index contributed by atoms with van der Waals surface area (Å²) in [6.45, 7) is 4.01. The Hall–Kier alpha value is -3.02. The first-order valence-corrected chi connectivity index (χ1v) is 12.6. The molecule has 1 fully saturated rings. The Labute approximate surface area is 208 Å². The van der Waals surface area contributed by atoms with Gasteiger partial charge in [-0.25, -0.2) is 0 Å². The van der Waals surface area contributed by atoms with Crippen LogP contribution in [0.1, 0.15) is 47.6 Å². The van der Waals surface area contributed by atoms with E-state index < -0.39 is 11.5 Å². The minimum absolute atomic E-state index is 0.604. The van der Waals surface area contributed by atoms with E-state index in [0.717, 1.165) is 46.0 Å². The SMILES string of the molecule is COc1ccc(C2(c3ccc(OCCN4CCCCC4)cc3)Cc3cc(OC)ccc3C2O)cc1. The van der Waals surface area contributed by atoms with E-state index in [2.05, 4.69) is 29.2 Å². The van der Waals surface area contributed by atoms with Gasteiger partial charge in [-0.15, -0.1) is 0 Å². The van der Waals surface area contributed by atoms with Gasteiger partial charge in [0.05, 0.1) is 25.7 Å². The lowest BCUT2D eigenvalue weighted by molar-refractivity contribution is 0.117. The second-order valence-corrected chi connectivity index (χ2v) is 9.62. The van der Waals surface area contributed by atoms with Crippen molar-refractivity contribution in [1.82, 2.24) is 4.90 Å². The smallest absolute Gasteiger partial charge is 0.119 e. The lowest BCUT2D eigenvalue weighted by Crippen LogP contribution is -2.33. The van der Waals surface area contributed by atoms with Gasteiger partial charge in [-0.3, -0.25) is 4.90 Å². The van der Waals surface area contributed by atoms with E-state index in [1.165, 1.54) is 32.4 Å². The van der Waals surface area contributed by atoms with Crippen LogP contribution < -0.4 is 14.2 Å². The third-order valence-corrected chi connectivity index (χ3v) is 7.68. The Morgan fingerprint density at radius 3 is 2.03 bits per heavy atom. The van der Waals surface area contributed by atoms with Crippen LogP contribution in [0.15, 0.2) is 66.7 Å². The van der Waals surface area contributed by atoms with Gasteiger partial charge in [-0.05, 0) is 91.0 Å². The quantitative estimate of drug-likeness (QED) is 0.491. The Kier molecular flexibility index (Phi) is 6.98. The standard InChI is InChI=1S/C30H35NO4/c1-33-25-10-6-23(7-11-25)30(21-22-20-27(34-2)14-15-28(22)29(30)32)24-8-12-26(13-9-24)35-19-18-31-16-4-3-5-17-31/h6-15,20,29,32H,3-5,16-19,21H2,1-2H3. The molecule has 0 bridgehead atoms. The number of aliphatic hydroxyl groups excluding tert-OH is 1. The fourth-order valence-corrected chi connectivity index (χ4v) is 5.69. The second-order valence-electron chi connectivity index (χ2n) is 9.62. The molecule has 184 valence electrons. The van der Waals surface area contributed by atoms with Crippen LogP contribution >= 0.6 is 0 Å². The minimum atomic E-state index is -0.678. The number of rotatable bonds is 8. The summed E-state index contributed by atoms with van der Waals surface area (Å²) in [6, 6.07) is 22.3. The number of benzene rings is 3. The van der Waals surface area contributed by atoms with Gasteiger partial charge in [0, 0.05) is 6.54 Å². The molecule has 3 aromatic rings. The van der Waals surface area contributed by atoms with Crippen molar-refractivity contribution in [2.75, 3.05) is 40.5 Å². The average molecular weight is 474 g/mol. The third-order valence-electron chi connectivity index (χ3n) is 7.68. The summed E-state index contributed by atoms with van der Waals surface area (Å²) in [6.07, 6.45) is 3.93. The number of piperidine rings is 1. The van der Waals surface area contributed by atoms with Crippen LogP contribution in [-0.4, -0.2) is 50.5 Å². The van der Waals surface area contributed by atoms with Crippen molar-refractivity contribution in [3.05, 3.63) is 89.0 Å². The summed E-state index contributed by atoms with van der Waals surface area (Å²) in [4.78, 5) is 2.48. The summed E-state index contributed by atoms with van der Waals surface area (Å²) >= 11 is 0. The van der Waals surface area contributed by atoms with Crippen molar-refractivity contribution in [3.8, 4) is 17.2 Å². The molecule has 1 aliphatic heterocycles. The van der Waals surface area contributed by atoms with Gasteiger partial charge in [-0.2, -0.15) is 0 Å². The van der Waals surface area contributed by atoms with Gasteiger partial charge in [0.1, 0.15) is 23.9 Å². The van der Waals surface area contributed by atoms with Crippen LogP contribution in [0.2, 0.25) is 0 Å². The number of hydrogen-bond donors (Lipinski definition) is 1. The Morgan fingerprint density at radius 2 is 1.40 bits per heavy atom. The highest BCUT2D eigenvalue weighted by atomic mass is 16.5. The van der Waals surface area contributed by atoms with Crippen molar-refractivity contribution in [1.29, 1.82) is 0 Å².